The number of carbonyl (C=O) groups excluding carboxylic acids is 1. The van der Waals surface area contributed by atoms with Gasteiger partial charge in [0.2, 0.25) is 5.91 Å². The molecule has 2 aliphatic rings. The second kappa shape index (κ2) is 5.81. The van der Waals surface area contributed by atoms with Gasteiger partial charge in [0.25, 0.3) is 5.89 Å². The van der Waals surface area contributed by atoms with Gasteiger partial charge in [-0.25, -0.2) is 0 Å². The molecule has 122 valence electrons. The number of ether oxygens (including phenoxy) is 1. The molecule has 0 unspecified atom stereocenters. The highest BCUT2D eigenvalue weighted by molar-refractivity contribution is 5.76. The molecule has 2 fully saturated rings. The van der Waals surface area contributed by atoms with E-state index in [9.17, 15) is 4.79 Å². The Kier molecular flexibility index (Phi) is 3.65. The molecule has 2 saturated heterocycles. The van der Waals surface area contributed by atoms with E-state index in [2.05, 4.69) is 10.1 Å². The monoisotopic (exact) mass is 317 g/mol. The lowest BCUT2D eigenvalue weighted by atomic mass is 9.92. The molecule has 7 heteroatoms. The van der Waals surface area contributed by atoms with E-state index in [1.165, 1.54) is 0 Å². The summed E-state index contributed by atoms with van der Waals surface area (Å²) in [7, 11) is 0. The van der Waals surface area contributed by atoms with Gasteiger partial charge in [-0.15, -0.1) is 0 Å². The zero-order valence-electron chi connectivity index (χ0n) is 12.9. The van der Waals surface area contributed by atoms with Gasteiger partial charge in [-0.2, -0.15) is 4.98 Å². The summed E-state index contributed by atoms with van der Waals surface area (Å²) in [6.07, 6.45) is 5.90. The summed E-state index contributed by atoms with van der Waals surface area (Å²) in [4.78, 5) is 18.5. The van der Waals surface area contributed by atoms with E-state index in [4.69, 9.17) is 13.7 Å². The van der Waals surface area contributed by atoms with Gasteiger partial charge >= 0.3 is 0 Å². The molecule has 1 atom stereocenters. The summed E-state index contributed by atoms with van der Waals surface area (Å²) in [5.74, 6) is 1.49. The number of furan rings is 1. The molecule has 0 radical (unpaired) electrons. The van der Waals surface area contributed by atoms with E-state index >= 15 is 0 Å². The summed E-state index contributed by atoms with van der Waals surface area (Å²) >= 11 is 0. The van der Waals surface area contributed by atoms with Gasteiger partial charge in [0, 0.05) is 19.6 Å². The Balaban J connectivity index is 1.45. The Hall–Kier alpha value is -2.15. The Labute approximate surface area is 133 Å². The molecule has 0 N–H and O–H groups in total. The van der Waals surface area contributed by atoms with Gasteiger partial charge in [-0.05, 0) is 37.8 Å². The minimum absolute atomic E-state index is 0.0962. The fourth-order valence-corrected chi connectivity index (χ4v) is 3.39. The molecule has 2 aliphatic heterocycles. The molecule has 0 bridgehead atoms. The third-order valence-corrected chi connectivity index (χ3v) is 4.70. The number of amides is 1. The highest BCUT2D eigenvalue weighted by Gasteiger charge is 2.38. The van der Waals surface area contributed by atoms with Gasteiger partial charge in [-0.1, -0.05) is 5.16 Å². The first-order chi connectivity index (χ1) is 11.2. The molecule has 0 aliphatic carbocycles. The molecule has 2 aromatic heterocycles. The van der Waals surface area contributed by atoms with Crippen LogP contribution in [0.5, 0.6) is 0 Å². The van der Waals surface area contributed by atoms with Gasteiger partial charge < -0.3 is 18.6 Å². The maximum Gasteiger partial charge on any atom is 0.293 e. The molecule has 7 nitrogen and oxygen atoms in total. The van der Waals surface area contributed by atoms with Crippen LogP contribution in [0.4, 0.5) is 0 Å². The summed E-state index contributed by atoms with van der Waals surface area (Å²) in [6, 6.07) is 3.52. The van der Waals surface area contributed by atoms with Crippen LogP contribution in [0, 0.1) is 0 Å². The Bertz CT molecular complexity index is 673. The lowest BCUT2D eigenvalue weighted by Gasteiger charge is -2.26. The van der Waals surface area contributed by atoms with E-state index in [-0.39, 0.29) is 11.5 Å². The molecule has 1 amide bonds. The highest BCUT2D eigenvalue weighted by atomic mass is 16.5. The molecular formula is C16H19N3O4. The maximum atomic E-state index is 12.4. The van der Waals surface area contributed by atoms with Crippen molar-refractivity contribution < 1.29 is 18.5 Å². The Morgan fingerprint density at radius 1 is 1.30 bits per heavy atom. The van der Waals surface area contributed by atoms with Crippen LogP contribution in [0.1, 0.15) is 37.9 Å². The van der Waals surface area contributed by atoms with Crippen LogP contribution in [0.25, 0.3) is 11.7 Å². The second-order valence-electron chi connectivity index (χ2n) is 6.19. The van der Waals surface area contributed by atoms with Gasteiger partial charge in [0.1, 0.15) is 0 Å². The SMILES string of the molecule is O=C1CC[C@]2(CCCO2)CCN1Cc1noc(-c2ccco2)n1. The topological polar surface area (TPSA) is 81.6 Å². The van der Waals surface area contributed by atoms with E-state index in [0.717, 1.165) is 32.3 Å². The third-order valence-electron chi connectivity index (χ3n) is 4.70. The third kappa shape index (κ3) is 2.88. The number of nitrogens with zero attached hydrogens (tertiary/aromatic N) is 3. The van der Waals surface area contributed by atoms with Crippen molar-refractivity contribution in [2.45, 2.75) is 44.2 Å². The fraction of sp³-hybridized carbons (Fsp3) is 0.562. The van der Waals surface area contributed by atoms with Crippen molar-refractivity contribution >= 4 is 5.91 Å². The first-order valence-electron chi connectivity index (χ1n) is 8.02. The highest BCUT2D eigenvalue weighted by Crippen LogP contribution is 2.36. The number of hydrogen-bond acceptors (Lipinski definition) is 6. The molecule has 4 rings (SSSR count). The van der Waals surface area contributed by atoms with Crippen molar-refractivity contribution in [1.82, 2.24) is 15.0 Å². The van der Waals surface area contributed by atoms with Crippen molar-refractivity contribution in [2.24, 2.45) is 0 Å². The maximum absolute atomic E-state index is 12.4. The van der Waals surface area contributed by atoms with Crippen LogP contribution < -0.4 is 0 Å². The summed E-state index contributed by atoms with van der Waals surface area (Å²) in [6.45, 7) is 1.84. The van der Waals surface area contributed by atoms with Crippen LogP contribution in [0.2, 0.25) is 0 Å². The molecular weight excluding hydrogens is 298 g/mol. The molecule has 0 saturated carbocycles. The van der Waals surface area contributed by atoms with Crippen molar-refractivity contribution in [3.05, 3.63) is 24.2 Å². The minimum atomic E-state index is -0.0962. The van der Waals surface area contributed by atoms with Crippen LogP contribution in [0.3, 0.4) is 0 Å². The van der Waals surface area contributed by atoms with Crippen molar-refractivity contribution in [1.29, 1.82) is 0 Å². The Morgan fingerprint density at radius 3 is 3.04 bits per heavy atom. The average molecular weight is 317 g/mol. The Morgan fingerprint density at radius 2 is 2.26 bits per heavy atom. The average Bonchev–Trinajstić information content (AvgIpc) is 3.28. The van der Waals surface area contributed by atoms with E-state index < -0.39 is 0 Å². The lowest BCUT2D eigenvalue weighted by molar-refractivity contribution is -0.131. The predicted octanol–water partition coefficient (Wildman–Crippen LogP) is 2.39. The molecule has 4 heterocycles. The largest absolute Gasteiger partial charge is 0.459 e. The van der Waals surface area contributed by atoms with E-state index in [0.29, 0.717) is 37.0 Å². The lowest BCUT2D eigenvalue weighted by Crippen LogP contribution is -2.32. The number of carbonyl (C=O) groups is 1. The quantitative estimate of drug-likeness (QED) is 0.864. The van der Waals surface area contributed by atoms with Crippen LogP contribution in [-0.2, 0) is 16.1 Å². The van der Waals surface area contributed by atoms with Crippen LogP contribution in [-0.4, -0.2) is 39.7 Å². The molecule has 23 heavy (non-hydrogen) atoms. The normalized spacial score (nSPS) is 25.2. The summed E-state index contributed by atoms with van der Waals surface area (Å²) in [5.41, 5.74) is -0.0962. The van der Waals surface area contributed by atoms with E-state index in [1.807, 2.05) is 0 Å². The smallest absolute Gasteiger partial charge is 0.293 e. The second-order valence-corrected chi connectivity index (χ2v) is 6.19. The summed E-state index contributed by atoms with van der Waals surface area (Å²) < 4.78 is 16.3. The molecule has 0 aromatic carbocycles. The number of hydrogen-bond donors (Lipinski definition) is 0. The first kappa shape index (κ1) is 14.4. The minimum Gasteiger partial charge on any atom is -0.459 e. The number of rotatable bonds is 3. The molecule has 1 spiro atoms. The van der Waals surface area contributed by atoms with Crippen molar-refractivity contribution in [2.75, 3.05) is 13.2 Å². The van der Waals surface area contributed by atoms with Gasteiger partial charge in [0.05, 0.1) is 18.4 Å². The molecule has 2 aromatic rings. The van der Waals surface area contributed by atoms with Crippen molar-refractivity contribution in [3.8, 4) is 11.7 Å². The fourth-order valence-electron chi connectivity index (χ4n) is 3.39. The van der Waals surface area contributed by atoms with Gasteiger partial charge in [-0.3, -0.25) is 4.79 Å². The van der Waals surface area contributed by atoms with Crippen LogP contribution >= 0.6 is 0 Å². The standard InChI is InChI=1S/C16H19N3O4/c20-14-4-6-16(5-2-10-22-16)7-8-19(14)11-13-17-15(23-18-13)12-3-1-9-21-12/h1,3,9H,2,4-8,10-11H2/t16-/m1/s1. The number of aromatic nitrogens is 2. The zero-order valence-corrected chi connectivity index (χ0v) is 12.9. The number of likely N-dealkylation sites (tertiary alicyclic amines) is 1. The van der Waals surface area contributed by atoms with E-state index in [1.54, 1.807) is 23.3 Å². The first-order valence-corrected chi connectivity index (χ1v) is 8.02. The summed E-state index contributed by atoms with van der Waals surface area (Å²) in [5, 5.41) is 3.95. The zero-order chi connectivity index (χ0) is 15.7. The van der Waals surface area contributed by atoms with Crippen LogP contribution in [0.15, 0.2) is 27.3 Å². The predicted molar refractivity (Wildman–Crippen MR) is 79.2 cm³/mol. The van der Waals surface area contributed by atoms with Gasteiger partial charge in [0.15, 0.2) is 11.6 Å². The van der Waals surface area contributed by atoms with Crippen molar-refractivity contribution in [3.63, 3.8) is 0 Å².